The zero-order valence-corrected chi connectivity index (χ0v) is 10.0. The third kappa shape index (κ3) is 3.25. The van der Waals surface area contributed by atoms with E-state index < -0.39 is 17.9 Å². The average Bonchev–Trinajstić information content (AvgIpc) is 2.37. The summed E-state index contributed by atoms with van der Waals surface area (Å²) >= 11 is 0. The number of benzene rings is 1. The molecule has 1 aromatic carbocycles. The molecule has 1 heterocycles. The molecule has 0 radical (unpaired) electrons. The molecular formula is C13H9F3N2O2. The van der Waals surface area contributed by atoms with Crippen LogP contribution in [0.3, 0.4) is 0 Å². The number of ketones is 1. The second kappa shape index (κ2) is 5.20. The Balaban J connectivity index is 2.22. The molecule has 0 aliphatic carbocycles. The molecule has 0 unspecified atom stereocenters. The number of aromatic nitrogens is 1. The lowest BCUT2D eigenvalue weighted by atomic mass is 10.0. The molecule has 2 aromatic rings. The van der Waals surface area contributed by atoms with E-state index in [0.29, 0.717) is 0 Å². The molecule has 4 nitrogen and oxygen atoms in total. The van der Waals surface area contributed by atoms with Gasteiger partial charge in [-0.15, -0.1) is 13.2 Å². The number of anilines is 1. The number of carbonyl (C=O) groups is 1. The fourth-order valence-electron chi connectivity index (χ4n) is 1.58. The van der Waals surface area contributed by atoms with E-state index in [4.69, 9.17) is 5.73 Å². The minimum absolute atomic E-state index is 0.202. The number of ether oxygens (including phenoxy) is 1. The van der Waals surface area contributed by atoms with Gasteiger partial charge in [0.15, 0.2) is 5.78 Å². The fourth-order valence-corrected chi connectivity index (χ4v) is 1.58. The predicted octanol–water partition coefficient (Wildman–Crippen LogP) is 2.79. The lowest BCUT2D eigenvalue weighted by Gasteiger charge is -2.09. The van der Waals surface area contributed by atoms with E-state index in [2.05, 4.69) is 9.72 Å². The molecule has 0 bridgehead atoms. The molecule has 2 rings (SSSR count). The Morgan fingerprint density at radius 3 is 2.35 bits per heavy atom. The number of rotatable bonds is 3. The SMILES string of the molecule is Nc1cnccc1C(=O)c1ccc(OC(F)(F)F)cc1. The van der Waals surface area contributed by atoms with Gasteiger partial charge in [-0.2, -0.15) is 0 Å². The zero-order valence-electron chi connectivity index (χ0n) is 10.0. The Labute approximate surface area is 112 Å². The van der Waals surface area contributed by atoms with Crippen LogP contribution in [0.15, 0.2) is 42.7 Å². The first kappa shape index (κ1) is 13.9. The maximum absolute atomic E-state index is 12.1. The van der Waals surface area contributed by atoms with E-state index in [1.54, 1.807) is 0 Å². The van der Waals surface area contributed by atoms with Gasteiger partial charge in [-0.25, -0.2) is 0 Å². The van der Waals surface area contributed by atoms with E-state index in [-0.39, 0.29) is 16.8 Å². The molecule has 0 aliphatic rings. The monoisotopic (exact) mass is 282 g/mol. The van der Waals surface area contributed by atoms with Crippen LogP contribution in [-0.2, 0) is 0 Å². The van der Waals surface area contributed by atoms with Crippen LogP contribution < -0.4 is 10.5 Å². The van der Waals surface area contributed by atoms with Gasteiger partial charge in [-0.1, -0.05) is 0 Å². The molecule has 1 aromatic heterocycles. The van der Waals surface area contributed by atoms with Crippen molar-refractivity contribution in [2.75, 3.05) is 5.73 Å². The standard InChI is InChI=1S/C13H9F3N2O2/c14-13(15,16)20-9-3-1-8(2-4-9)12(19)10-5-6-18-7-11(10)17/h1-7H,17H2. The number of nitrogens with zero attached hydrogens (tertiary/aromatic N) is 1. The Hall–Kier alpha value is -2.57. The molecule has 0 spiro atoms. The molecule has 7 heteroatoms. The van der Waals surface area contributed by atoms with E-state index in [1.807, 2.05) is 0 Å². The minimum atomic E-state index is -4.76. The normalized spacial score (nSPS) is 11.2. The van der Waals surface area contributed by atoms with Gasteiger partial charge in [-0.05, 0) is 30.3 Å². The largest absolute Gasteiger partial charge is 0.573 e. The van der Waals surface area contributed by atoms with Gasteiger partial charge in [-0.3, -0.25) is 9.78 Å². The van der Waals surface area contributed by atoms with Crippen LogP contribution in [0.2, 0.25) is 0 Å². The summed E-state index contributed by atoms with van der Waals surface area (Å²) in [5.41, 5.74) is 6.26. The zero-order chi connectivity index (χ0) is 14.8. The third-order valence-corrected chi connectivity index (χ3v) is 2.45. The number of nitrogen functional groups attached to an aromatic ring is 1. The summed E-state index contributed by atoms with van der Waals surface area (Å²) in [5.74, 6) is -0.791. The van der Waals surface area contributed by atoms with Gasteiger partial charge in [0.1, 0.15) is 5.75 Å². The highest BCUT2D eigenvalue weighted by atomic mass is 19.4. The molecule has 2 N–H and O–H groups in total. The Bertz CT molecular complexity index is 624. The van der Waals surface area contributed by atoms with E-state index in [9.17, 15) is 18.0 Å². The van der Waals surface area contributed by atoms with Gasteiger partial charge < -0.3 is 10.5 Å². The molecule has 0 amide bonds. The Morgan fingerprint density at radius 1 is 1.15 bits per heavy atom. The van der Waals surface area contributed by atoms with Crippen molar-refractivity contribution in [3.05, 3.63) is 53.9 Å². The fraction of sp³-hybridized carbons (Fsp3) is 0.0769. The summed E-state index contributed by atoms with van der Waals surface area (Å²) < 4.78 is 39.7. The van der Waals surface area contributed by atoms with Crippen molar-refractivity contribution in [2.45, 2.75) is 6.36 Å². The van der Waals surface area contributed by atoms with Gasteiger partial charge >= 0.3 is 6.36 Å². The van der Waals surface area contributed by atoms with Crippen molar-refractivity contribution in [3.63, 3.8) is 0 Å². The number of carbonyl (C=O) groups excluding carboxylic acids is 1. The van der Waals surface area contributed by atoms with Crippen LogP contribution in [0, 0.1) is 0 Å². The summed E-state index contributed by atoms with van der Waals surface area (Å²) in [6.07, 6.45) is -2.03. The van der Waals surface area contributed by atoms with Crippen LogP contribution in [-0.4, -0.2) is 17.1 Å². The van der Waals surface area contributed by atoms with Gasteiger partial charge in [0.25, 0.3) is 0 Å². The lowest BCUT2D eigenvalue weighted by molar-refractivity contribution is -0.274. The molecule has 20 heavy (non-hydrogen) atoms. The lowest BCUT2D eigenvalue weighted by Crippen LogP contribution is -2.17. The number of hydrogen-bond donors (Lipinski definition) is 1. The average molecular weight is 282 g/mol. The Morgan fingerprint density at radius 2 is 1.80 bits per heavy atom. The van der Waals surface area contributed by atoms with Crippen molar-refractivity contribution in [2.24, 2.45) is 0 Å². The molecule has 0 atom stereocenters. The summed E-state index contributed by atoms with van der Waals surface area (Å²) in [4.78, 5) is 15.8. The molecular weight excluding hydrogens is 273 g/mol. The number of halogens is 3. The number of alkyl halides is 3. The number of hydrogen-bond acceptors (Lipinski definition) is 4. The van der Waals surface area contributed by atoms with E-state index in [0.717, 1.165) is 12.1 Å². The highest BCUT2D eigenvalue weighted by Crippen LogP contribution is 2.24. The Kier molecular flexibility index (Phi) is 3.60. The minimum Gasteiger partial charge on any atom is -0.406 e. The summed E-state index contributed by atoms with van der Waals surface area (Å²) in [5, 5.41) is 0. The molecule has 104 valence electrons. The first-order valence-electron chi connectivity index (χ1n) is 5.47. The van der Waals surface area contributed by atoms with Gasteiger partial charge in [0, 0.05) is 17.3 Å². The maximum Gasteiger partial charge on any atom is 0.573 e. The van der Waals surface area contributed by atoms with E-state index in [1.165, 1.54) is 30.6 Å². The predicted molar refractivity (Wildman–Crippen MR) is 65.2 cm³/mol. The van der Waals surface area contributed by atoms with Crippen LogP contribution in [0.1, 0.15) is 15.9 Å². The van der Waals surface area contributed by atoms with Crippen molar-refractivity contribution < 1.29 is 22.7 Å². The van der Waals surface area contributed by atoms with Crippen LogP contribution in [0.5, 0.6) is 5.75 Å². The van der Waals surface area contributed by atoms with Crippen molar-refractivity contribution >= 4 is 11.5 Å². The van der Waals surface area contributed by atoms with Crippen molar-refractivity contribution in [1.82, 2.24) is 4.98 Å². The summed E-state index contributed by atoms with van der Waals surface area (Å²) in [6, 6.07) is 6.06. The quantitative estimate of drug-likeness (QED) is 0.879. The first-order valence-corrected chi connectivity index (χ1v) is 5.47. The van der Waals surface area contributed by atoms with Gasteiger partial charge in [0.05, 0.1) is 11.9 Å². The third-order valence-electron chi connectivity index (χ3n) is 2.45. The topological polar surface area (TPSA) is 65.2 Å². The molecule has 0 saturated heterocycles. The second-order valence-electron chi connectivity index (χ2n) is 3.86. The van der Waals surface area contributed by atoms with Gasteiger partial charge in [0.2, 0.25) is 0 Å². The number of nitrogens with two attached hydrogens (primary N) is 1. The summed E-state index contributed by atoms with van der Waals surface area (Å²) in [7, 11) is 0. The maximum atomic E-state index is 12.1. The van der Waals surface area contributed by atoms with Crippen LogP contribution in [0.25, 0.3) is 0 Å². The van der Waals surface area contributed by atoms with Crippen LogP contribution in [0.4, 0.5) is 18.9 Å². The van der Waals surface area contributed by atoms with Crippen molar-refractivity contribution in [3.8, 4) is 5.75 Å². The van der Waals surface area contributed by atoms with Crippen LogP contribution >= 0.6 is 0 Å². The second-order valence-corrected chi connectivity index (χ2v) is 3.86. The van der Waals surface area contributed by atoms with Crippen molar-refractivity contribution in [1.29, 1.82) is 0 Å². The van der Waals surface area contributed by atoms with E-state index >= 15 is 0 Å². The smallest absolute Gasteiger partial charge is 0.406 e. The first-order chi connectivity index (χ1) is 9.37. The summed E-state index contributed by atoms with van der Waals surface area (Å²) in [6.45, 7) is 0. The number of pyridine rings is 1. The molecule has 0 fully saturated rings. The molecule has 0 saturated carbocycles. The highest BCUT2D eigenvalue weighted by Gasteiger charge is 2.31. The highest BCUT2D eigenvalue weighted by molar-refractivity contribution is 6.11. The molecule has 0 aliphatic heterocycles.